The summed E-state index contributed by atoms with van der Waals surface area (Å²) in [5.41, 5.74) is 6.29. The molecule has 1 fully saturated rings. The minimum absolute atomic E-state index is 0.106. The third-order valence-electron chi connectivity index (χ3n) is 6.24. The average Bonchev–Trinajstić information content (AvgIpc) is 3.64. The van der Waals surface area contributed by atoms with Gasteiger partial charge in [-0.25, -0.2) is 4.79 Å². The molecule has 1 amide bonds. The maximum atomic E-state index is 13.5. The van der Waals surface area contributed by atoms with Gasteiger partial charge in [0.2, 0.25) is 0 Å². The van der Waals surface area contributed by atoms with Crippen LogP contribution in [0.25, 0.3) is 0 Å². The van der Waals surface area contributed by atoms with Gasteiger partial charge in [0.05, 0.1) is 11.8 Å². The van der Waals surface area contributed by atoms with E-state index in [0.717, 1.165) is 5.56 Å². The van der Waals surface area contributed by atoms with Gasteiger partial charge in [-0.2, -0.15) is 0 Å². The molecule has 51 heavy (non-hydrogen) atoms. The molecule has 0 bridgehead atoms. The molecular formula is C47H13N2O2+. The monoisotopic (exact) mass is 637 g/mol. The molecule has 3 rings (SSSR count). The first-order valence-corrected chi connectivity index (χ1v) is 14.0. The Morgan fingerprint density at radius 1 is 0.529 bits per heavy atom. The van der Waals surface area contributed by atoms with Gasteiger partial charge >= 0.3 is 5.91 Å². The smallest absolute Gasteiger partial charge is 0.381 e. The summed E-state index contributed by atoms with van der Waals surface area (Å²) in [5, 5.41) is 11.4. The lowest BCUT2D eigenvalue weighted by Crippen LogP contribution is -2.41. The number of aliphatic hydroxyl groups is 1. The summed E-state index contributed by atoms with van der Waals surface area (Å²) in [7, 11) is 0. The summed E-state index contributed by atoms with van der Waals surface area (Å²) >= 11 is 0. The maximum Gasteiger partial charge on any atom is 0.408 e. The van der Waals surface area contributed by atoms with Gasteiger partial charge in [-0.15, -0.1) is 12.8 Å². The van der Waals surface area contributed by atoms with Crippen LogP contribution in [0.4, 0.5) is 0 Å². The first-order chi connectivity index (χ1) is 25.0. The van der Waals surface area contributed by atoms with Crippen molar-refractivity contribution in [3.8, 4) is 214 Å². The van der Waals surface area contributed by atoms with Crippen LogP contribution in [0.2, 0.25) is 0 Å². The van der Waals surface area contributed by atoms with Gasteiger partial charge in [0.15, 0.2) is 18.2 Å². The maximum absolute atomic E-state index is 13.5. The van der Waals surface area contributed by atoms with Crippen molar-refractivity contribution < 1.29 is 14.4 Å². The molecule has 1 aromatic carbocycles. The van der Waals surface area contributed by atoms with E-state index in [9.17, 15) is 9.90 Å². The lowest BCUT2D eigenvalue weighted by molar-refractivity contribution is -0.656. The Morgan fingerprint density at radius 3 is 1.16 bits per heavy atom. The second-order valence-corrected chi connectivity index (χ2v) is 9.00. The van der Waals surface area contributed by atoms with Gasteiger partial charge in [-0.1, -0.05) is 28.7 Å². The minimum Gasteiger partial charge on any atom is -0.381 e. The highest BCUT2D eigenvalue weighted by atomic mass is 16.3. The van der Waals surface area contributed by atoms with Crippen molar-refractivity contribution in [2.75, 3.05) is 0 Å². The quantitative estimate of drug-likeness (QED) is 0.247. The third kappa shape index (κ3) is 10.2. The van der Waals surface area contributed by atoms with Gasteiger partial charge in [0.1, 0.15) is 0 Å². The van der Waals surface area contributed by atoms with Gasteiger partial charge in [-0.05, 0) is 106 Å². The molecule has 4 nitrogen and oxygen atoms in total. The number of amides is 1. The number of quaternary nitrogens is 1. The van der Waals surface area contributed by atoms with E-state index in [-0.39, 0.29) is 6.42 Å². The van der Waals surface area contributed by atoms with E-state index < -0.39 is 28.1 Å². The summed E-state index contributed by atoms with van der Waals surface area (Å²) in [6.07, 6.45) is 8.84. The summed E-state index contributed by atoms with van der Waals surface area (Å²) in [6.45, 7) is 0. The Kier molecular flexibility index (Phi) is 14.3. The molecule has 0 saturated carbocycles. The van der Waals surface area contributed by atoms with Gasteiger partial charge < -0.3 is 10.8 Å². The second kappa shape index (κ2) is 20.1. The third-order valence-corrected chi connectivity index (χ3v) is 6.24. The number of carbonyl (C=O) groups excluding carboxylic acids is 1. The molecule has 3 N–H and O–H groups in total. The molecule has 1 spiro atoms. The number of hydrogen-bond acceptors (Lipinski definition) is 3. The highest BCUT2D eigenvalue weighted by Crippen LogP contribution is 2.59. The fourth-order valence-electron chi connectivity index (χ4n) is 4.27. The predicted octanol–water partition coefficient (Wildman–Crippen LogP) is 0.455. The number of carbonyl (C=O) groups is 1. The molecule has 0 radical (unpaired) electrons. The lowest BCUT2D eigenvalue weighted by atomic mass is 9.77. The van der Waals surface area contributed by atoms with Crippen LogP contribution in [0.15, 0.2) is 24.3 Å². The van der Waals surface area contributed by atoms with E-state index in [2.05, 4.69) is 202 Å². The molecule has 3 atom stereocenters. The van der Waals surface area contributed by atoms with Crippen molar-refractivity contribution in [1.82, 2.24) is 0 Å². The van der Waals surface area contributed by atoms with Gasteiger partial charge in [0.25, 0.3) is 5.54 Å². The zero-order chi connectivity index (χ0) is 36.5. The number of terminal acetylenes is 2. The zero-order valence-electron chi connectivity index (χ0n) is 26.2. The SMILES string of the molecule is C#CC#CC#CC#CC#CC#CC#CC#CC#C[N+]1(C#CC#CC#CC#CC#CC#CC#CC#CC#C)C(=O)C12CC(N)c1ccccc1C2O. The number of fused-ring (bicyclic) bond motifs is 1. The summed E-state index contributed by atoms with van der Waals surface area (Å²) in [6, 6.07) is 12.2. The number of hydrogen-bond donors (Lipinski definition) is 2. The van der Waals surface area contributed by atoms with E-state index in [1.165, 1.54) is 0 Å². The van der Waals surface area contributed by atoms with Crippen molar-refractivity contribution in [1.29, 1.82) is 0 Å². The number of rotatable bonds is 0. The largest absolute Gasteiger partial charge is 0.408 e. The molecule has 1 aromatic rings. The number of aliphatic hydroxyl groups excluding tert-OH is 1. The van der Waals surface area contributed by atoms with E-state index in [4.69, 9.17) is 18.6 Å². The molecule has 222 valence electrons. The van der Waals surface area contributed by atoms with Crippen LogP contribution in [0.3, 0.4) is 0 Å². The topological polar surface area (TPSA) is 63.3 Å². The van der Waals surface area contributed by atoms with E-state index in [1.807, 2.05) is 12.1 Å². The van der Waals surface area contributed by atoms with Crippen LogP contribution in [0.1, 0.15) is 29.7 Å². The number of nitrogens with zero attached hydrogens (tertiary/aromatic N) is 1. The summed E-state index contributed by atoms with van der Waals surface area (Å²) < 4.78 is -0.713. The molecule has 2 aliphatic rings. The van der Waals surface area contributed by atoms with E-state index in [1.54, 1.807) is 12.1 Å². The van der Waals surface area contributed by atoms with Crippen molar-refractivity contribution in [2.24, 2.45) is 5.73 Å². The van der Waals surface area contributed by atoms with Crippen LogP contribution in [0, 0.1) is 214 Å². The van der Waals surface area contributed by atoms with E-state index >= 15 is 0 Å². The minimum atomic E-state index is -1.42. The highest BCUT2D eigenvalue weighted by Gasteiger charge is 2.87. The first-order valence-electron chi connectivity index (χ1n) is 14.0. The average molecular weight is 638 g/mol. The first kappa shape index (κ1) is 36.3. The van der Waals surface area contributed by atoms with Crippen molar-refractivity contribution in [2.45, 2.75) is 24.1 Å². The molecule has 1 aliphatic heterocycles. The van der Waals surface area contributed by atoms with Gasteiger partial charge in [0, 0.05) is 95.3 Å². The molecule has 1 saturated heterocycles. The molecule has 1 aliphatic carbocycles. The fraction of sp³-hybridized carbons (Fsp3) is 0.0851. The van der Waals surface area contributed by atoms with Crippen molar-refractivity contribution >= 4 is 5.91 Å². The fourth-order valence-corrected chi connectivity index (χ4v) is 4.27. The Labute approximate surface area is 299 Å². The summed E-state index contributed by atoms with van der Waals surface area (Å²) in [5.74, 6) is 78.4. The Morgan fingerprint density at radius 2 is 0.824 bits per heavy atom. The Balaban J connectivity index is 1.81. The normalized spacial score (nSPS) is 15.3. The van der Waals surface area contributed by atoms with Crippen LogP contribution in [0.5, 0.6) is 0 Å². The highest BCUT2D eigenvalue weighted by molar-refractivity contribution is 5.96. The molecular weight excluding hydrogens is 625 g/mol. The van der Waals surface area contributed by atoms with Crippen LogP contribution in [-0.4, -0.2) is 21.0 Å². The van der Waals surface area contributed by atoms with Crippen molar-refractivity contribution in [3.63, 3.8) is 0 Å². The number of benzene rings is 1. The predicted molar refractivity (Wildman–Crippen MR) is 193 cm³/mol. The van der Waals surface area contributed by atoms with Crippen molar-refractivity contribution in [3.05, 3.63) is 35.4 Å². The zero-order valence-corrected chi connectivity index (χ0v) is 26.2. The van der Waals surface area contributed by atoms with Crippen LogP contribution in [-0.2, 0) is 4.79 Å². The lowest BCUT2D eigenvalue weighted by Gasteiger charge is -2.30. The summed E-state index contributed by atoms with van der Waals surface area (Å²) in [4.78, 5) is 13.5. The number of nitrogens with two attached hydrogens (primary N) is 1. The van der Waals surface area contributed by atoms with Gasteiger partial charge in [-0.3, -0.25) is 0 Å². The Hall–Kier alpha value is -9.15. The molecule has 4 heteroatoms. The standard InChI is InChI=1S/C47H13N2O2/c1-3-5-7-9-11-13-15-17-19-21-23-25-27-29-31-35-39-49(46(51)47(49)41-44(48)42-37-33-34-38-43(42)45(47)50)40-36-32-30-28-26-24-22-20-18-16-14-12-10-8-6-4-2/h1-2,33-34,37-38,44-45,50H,41,48H2/q+1. The molecule has 0 aromatic heterocycles. The van der Waals surface area contributed by atoms with Crippen LogP contribution >= 0.6 is 0 Å². The van der Waals surface area contributed by atoms with Crippen LogP contribution < -0.4 is 5.73 Å². The van der Waals surface area contributed by atoms with E-state index in [0.29, 0.717) is 5.56 Å². The second-order valence-electron chi connectivity index (χ2n) is 9.00. The Bertz CT molecular complexity index is 2700. The molecule has 3 unspecified atom stereocenters. The molecule has 1 heterocycles.